The molecule has 3 heterocycles. The average Bonchev–Trinajstić information content (AvgIpc) is 3.29. The molecule has 8 nitrogen and oxygen atoms in total. The Labute approximate surface area is 260 Å². The van der Waals surface area contributed by atoms with E-state index in [2.05, 4.69) is 28.0 Å². The number of ether oxygens (including phenoxy) is 1. The smallest absolute Gasteiger partial charge is 0.417 e. The van der Waals surface area contributed by atoms with Crippen LogP contribution >= 0.6 is 15.9 Å². The highest BCUT2D eigenvalue weighted by Gasteiger charge is 2.36. The first-order valence-electron chi connectivity index (χ1n) is 14.4. The summed E-state index contributed by atoms with van der Waals surface area (Å²) in [4.78, 5) is 34.1. The number of halogens is 4. The van der Waals surface area contributed by atoms with Crippen molar-refractivity contribution in [2.75, 3.05) is 0 Å². The van der Waals surface area contributed by atoms with Crippen LogP contribution in [-0.4, -0.2) is 42.3 Å². The minimum absolute atomic E-state index is 0.0400. The molecule has 0 saturated heterocycles. The predicted octanol–water partition coefficient (Wildman–Crippen LogP) is 6.58. The summed E-state index contributed by atoms with van der Waals surface area (Å²) in [7, 11) is 0. The lowest BCUT2D eigenvalue weighted by atomic mass is 9.84. The molecule has 0 N–H and O–H groups in total. The Morgan fingerprint density at radius 1 is 1.05 bits per heavy atom. The van der Waals surface area contributed by atoms with Crippen LogP contribution in [0.15, 0.2) is 57.8 Å². The summed E-state index contributed by atoms with van der Waals surface area (Å²) in [6.07, 6.45) is -2.22. The van der Waals surface area contributed by atoms with Gasteiger partial charge in [0.2, 0.25) is 5.95 Å². The molecule has 12 heteroatoms. The van der Waals surface area contributed by atoms with Gasteiger partial charge in [0.05, 0.1) is 35.3 Å². The first-order valence-corrected chi connectivity index (χ1v) is 15.2. The molecule has 0 spiro atoms. The van der Waals surface area contributed by atoms with Crippen LogP contribution in [0.25, 0.3) is 11.6 Å². The van der Waals surface area contributed by atoms with Gasteiger partial charge in [0.25, 0.3) is 11.5 Å². The lowest BCUT2D eigenvalue weighted by Gasteiger charge is -2.35. The second-order valence-electron chi connectivity index (χ2n) is 11.8. The molecule has 0 unspecified atom stereocenters. The molecule has 230 valence electrons. The van der Waals surface area contributed by atoms with E-state index < -0.39 is 23.7 Å². The molecule has 0 radical (unpaired) electrons. The van der Waals surface area contributed by atoms with Crippen LogP contribution in [-0.2, 0) is 19.1 Å². The number of rotatable bonds is 5. The maximum absolute atomic E-state index is 14.2. The largest absolute Gasteiger partial charge is 0.490 e. The van der Waals surface area contributed by atoms with E-state index in [-0.39, 0.29) is 40.6 Å². The van der Waals surface area contributed by atoms with Gasteiger partial charge < -0.3 is 9.64 Å². The Balaban J connectivity index is 1.39. The molecule has 1 aliphatic heterocycles. The van der Waals surface area contributed by atoms with Gasteiger partial charge in [0.1, 0.15) is 5.75 Å². The van der Waals surface area contributed by atoms with E-state index >= 15 is 0 Å². The molecule has 2 aromatic heterocycles. The van der Waals surface area contributed by atoms with Crippen molar-refractivity contribution in [2.45, 2.75) is 71.8 Å². The zero-order valence-electron chi connectivity index (χ0n) is 24.7. The molecule has 6 rings (SSSR count). The number of fused-ring (bicyclic) bond motifs is 1. The van der Waals surface area contributed by atoms with E-state index in [0.717, 1.165) is 36.0 Å². The highest BCUT2D eigenvalue weighted by molar-refractivity contribution is 9.10. The maximum atomic E-state index is 14.2. The van der Waals surface area contributed by atoms with Crippen LogP contribution < -0.4 is 10.3 Å². The van der Waals surface area contributed by atoms with E-state index in [9.17, 15) is 22.8 Å². The second-order valence-corrected chi connectivity index (χ2v) is 12.7. The van der Waals surface area contributed by atoms with E-state index in [0.29, 0.717) is 22.9 Å². The number of carbonyl (C=O) groups is 1. The number of benzene rings is 2. The Bertz CT molecular complexity index is 1810. The van der Waals surface area contributed by atoms with Gasteiger partial charge in [-0.05, 0) is 94.5 Å². The Morgan fingerprint density at radius 3 is 2.36 bits per heavy atom. The van der Waals surface area contributed by atoms with Crippen molar-refractivity contribution in [1.82, 2.24) is 24.2 Å². The maximum Gasteiger partial charge on any atom is 0.417 e. The van der Waals surface area contributed by atoms with E-state index in [1.54, 1.807) is 11.6 Å². The average molecular weight is 671 g/mol. The van der Waals surface area contributed by atoms with Crippen LogP contribution in [0, 0.1) is 19.8 Å². The predicted molar refractivity (Wildman–Crippen MR) is 161 cm³/mol. The molecule has 4 aromatic rings. The lowest BCUT2D eigenvalue weighted by molar-refractivity contribution is -0.138. The standard InChI is InChI=1S/C32H31BrF3N5O3/c1-17-11-24(12-17)44-23-8-6-22(7-9-23)40-30(43)25-14-19(3)39(16-28(25)37-31(40)41-20(4)13-18(2)38-41)29(42)21-5-10-27(33)26(15-21)32(34,35)36/h5-10,13,15,17,19,24H,11-12,14,16H2,1-4H3/t17?,19-,24?/m1/s1. The third-order valence-electron chi connectivity index (χ3n) is 8.30. The Hall–Kier alpha value is -3.93. The third-order valence-corrected chi connectivity index (χ3v) is 8.99. The minimum atomic E-state index is -4.63. The molecule has 2 aliphatic rings. The Kier molecular flexibility index (Phi) is 7.67. The van der Waals surface area contributed by atoms with Crippen molar-refractivity contribution in [1.29, 1.82) is 0 Å². The van der Waals surface area contributed by atoms with Gasteiger partial charge in [-0.25, -0.2) is 14.2 Å². The van der Waals surface area contributed by atoms with Gasteiger partial charge in [-0.3, -0.25) is 9.59 Å². The zero-order chi connectivity index (χ0) is 31.5. The number of aromatic nitrogens is 4. The fourth-order valence-corrected chi connectivity index (χ4v) is 6.43. The summed E-state index contributed by atoms with van der Waals surface area (Å²) in [6.45, 7) is 7.63. The summed E-state index contributed by atoms with van der Waals surface area (Å²) < 4.78 is 49.7. The molecular formula is C32H31BrF3N5O3. The topological polar surface area (TPSA) is 82.2 Å². The molecule has 1 amide bonds. The third kappa shape index (κ3) is 5.55. The number of amides is 1. The molecule has 2 aromatic carbocycles. The van der Waals surface area contributed by atoms with E-state index in [1.165, 1.54) is 21.6 Å². The van der Waals surface area contributed by atoms with Gasteiger partial charge in [-0.15, -0.1) is 0 Å². The van der Waals surface area contributed by atoms with Crippen LogP contribution in [0.4, 0.5) is 13.2 Å². The number of aryl methyl sites for hydroxylation is 2. The SMILES string of the molecule is Cc1cc(C)n(-c2nc3c(c(=O)n2-c2ccc(OC4CC(C)C4)cc2)C[C@@H](C)N(C(=O)c2ccc(Br)c(C(F)(F)F)c2)C3)n1. The van der Waals surface area contributed by atoms with Gasteiger partial charge in [-0.2, -0.15) is 18.3 Å². The number of carbonyl (C=O) groups excluding carboxylic acids is 1. The highest BCUT2D eigenvalue weighted by Crippen LogP contribution is 2.36. The normalized spacial score (nSPS) is 19.8. The summed E-state index contributed by atoms with van der Waals surface area (Å²) >= 11 is 2.93. The summed E-state index contributed by atoms with van der Waals surface area (Å²) in [5.41, 5.74) is 1.59. The molecule has 1 aliphatic carbocycles. The van der Waals surface area contributed by atoms with Crippen LogP contribution in [0.1, 0.15) is 65.3 Å². The monoisotopic (exact) mass is 669 g/mol. The van der Waals surface area contributed by atoms with E-state index in [4.69, 9.17) is 9.72 Å². The number of hydrogen-bond donors (Lipinski definition) is 0. The fraction of sp³-hybridized carbons (Fsp3) is 0.375. The minimum Gasteiger partial charge on any atom is -0.490 e. The van der Waals surface area contributed by atoms with Crippen LogP contribution in [0.3, 0.4) is 0 Å². The second kappa shape index (κ2) is 11.2. The van der Waals surface area contributed by atoms with Crippen molar-refractivity contribution in [3.63, 3.8) is 0 Å². The molecular weight excluding hydrogens is 639 g/mol. The number of nitrogens with zero attached hydrogens (tertiary/aromatic N) is 5. The molecule has 1 atom stereocenters. The van der Waals surface area contributed by atoms with Gasteiger partial charge in [0, 0.05) is 27.3 Å². The fourth-order valence-electron chi connectivity index (χ4n) is 5.96. The van der Waals surface area contributed by atoms with Gasteiger partial charge in [0.15, 0.2) is 0 Å². The summed E-state index contributed by atoms with van der Waals surface area (Å²) in [6, 6.07) is 12.1. The molecule has 0 bridgehead atoms. The van der Waals surface area contributed by atoms with Crippen LogP contribution in [0.2, 0.25) is 0 Å². The van der Waals surface area contributed by atoms with Crippen molar-refractivity contribution in [2.24, 2.45) is 5.92 Å². The van der Waals surface area contributed by atoms with Crippen molar-refractivity contribution < 1.29 is 22.7 Å². The summed E-state index contributed by atoms with van der Waals surface area (Å²) in [5, 5.41) is 4.58. The summed E-state index contributed by atoms with van der Waals surface area (Å²) in [5.74, 6) is 1.06. The Morgan fingerprint density at radius 2 is 1.75 bits per heavy atom. The first kappa shape index (κ1) is 30.1. The number of hydrogen-bond acceptors (Lipinski definition) is 5. The first-order chi connectivity index (χ1) is 20.8. The number of alkyl halides is 3. The molecule has 44 heavy (non-hydrogen) atoms. The van der Waals surface area contributed by atoms with Gasteiger partial charge >= 0.3 is 6.18 Å². The van der Waals surface area contributed by atoms with Crippen LogP contribution in [0.5, 0.6) is 5.75 Å². The van der Waals surface area contributed by atoms with Gasteiger partial charge in [-0.1, -0.05) is 22.9 Å². The van der Waals surface area contributed by atoms with Crippen molar-refractivity contribution in [3.05, 3.63) is 97.1 Å². The quantitative estimate of drug-likeness (QED) is 0.240. The highest BCUT2D eigenvalue weighted by atomic mass is 79.9. The van der Waals surface area contributed by atoms with Crippen molar-refractivity contribution >= 4 is 21.8 Å². The lowest BCUT2D eigenvalue weighted by Crippen LogP contribution is -2.46. The van der Waals surface area contributed by atoms with E-state index in [1.807, 2.05) is 44.2 Å². The molecule has 1 fully saturated rings. The molecule has 1 saturated carbocycles. The zero-order valence-corrected chi connectivity index (χ0v) is 26.2. The van der Waals surface area contributed by atoms with Crippen molar-refractivity contribution in [3.8, 4) is 17.4 Å².